The maximum atomic E-state index is 13.2. The van der Waals surface area contributed by atoms with Crippen LogP contribution < -0.4 is 10.6 Å². The van der Waals surface area contributed by atoms with Gasteiger partial charge < -0.3 is 10.6 Å². The highest BCUT2D eigenvalue weighted by molar-refractivity contribution is 6.04. The van der Waals surface area contributed by atoms with Crippen LogP contribution in [0.3, 0.4) is 0 Å². The van der Waals surface area contributed by atoms with Crippen molar-refractivity contribution < 1.29 is 14.0 Å². The molecule has 0 bridgehead atoms. The first kappa shape index (κ1) is 15.2. The number of amides is 2. The van der Waals surface area contributed by atoms with Crippen LogP contribution in [0.4, 0.5) is 15.8 Å². The second kappa shape index (κ2) is 5.50. The van der Waals surface area contributed by atoms with Crippen molar-refractivity contribution in [3.63, 3.8) is 0 Å². The van der Waals surface area contributed by atoms with Crippen LogP contribution in [0.15, 0.2) is 42.5 Å². The molecule has 0 radical (unpaired) electrons. The second-order valence-corrected chi connectivity index (χ2v) is 6.33. The number of fused-ring (bicyclic) bond motifs is 1. The van der Waals surface area contributed by atoms with E-state index in [0.29, 0.717) is 12.1 Å². The van der Waals surface area contributed by atoms with E-state index in [4.69, 9.17) is 0 Å². The first-order chi connectivity index (χ1) is 10.8. The van der Waals surface area contributed by atoms with Gasteiger partial charge in [-0.2, -0.15) is 0 Å². The molecule has 0 atom stereocenters. The Morgan fingerprint density at radius 1 is 1.22 bits per heavy atom. The molecule has 0 saturated carbocycles. The van der Waals surface area contributed by atoms with E-state index < -0.39 is 5.82 Å². The number of nitrogens with one attached hydrogen (secondary N) is 2. The second-order valence-electron chi connectivity index (χ2n) is 6.33. The van der Waals surface area contributed by atoms with Gasteiger partial charge in [-0.1, -0.05) is 19.9 Å². The minimum absolute atomic E-state index is 0.0148. The van der Waals surface area contributed by atoms with Crippen LogP contribution in [0.25, 0.3) is 0 Å². The molecule has 2 amide bonds. The van der Waals surface area contributed by atoms with Crippen molar-refractivity contribution in [2.75, 3.05) is 10.6 Å². The Bertz CT molecular complexity index is 799. The summed E-state index contributed by atoms with van der Waals surface area (Å²) >= 11 is 0. The lowest BCUT2D eigenvalue weighted by Gasteiger charge is -2.32. The average Bonchev–Trinajstić information content (AvgIpc) is 2.47. The Labute approximate surface area is 133 Å². The number of hydrogen-bond donors (Lipinski definition) is 2. The van der Waals surface area contributed by atoms with Gasteiger partial charge in [0.2, 0.25) is 5.91 Å². The zero-order valence-corrected chi connectivity index (χ0v) is 12.9. The van der Waals surface area contributed by atoms with Crippen LogP contribution in [0.1, 0.15) is 36.2 Å². The first-order valence-corrected chi connectivity index (χ1v) is 7.36. The highest BCUT2D eigenvalue weighted by Gasteiger charge is 2.32. The Kier molecular flexibility index (Phi) is 3.64. The molecule has 1 aliphatic heterocycles. The van der Waals surface area contributed by atoms with Crippen LogP contribution in [-0.2, 0) is 10.2 Å². The number of rotatable bonds is 2. The average molecular weight is 312 g/mol. The highest BCUT2D eigenvalue weighted by atomic mass is 19.1. The van der Waals surface area contributed by atoms with Crippen molar-refractivity contribution in [1.82, 2.24) is 0 Å². The lowest BCUT2D eigenvalue weighted by molar-refractivity contribution is -0.117. The highest BCUT2D eigenvalue weighted by Crippen LogP contribution is 2.38. The summed E-state index contributed by atoms with van der Waals surface area (Å²) in [6.45, 7) is 3.98. The van der Waals surface area contributed by atoms with Gasteiger partial charge in [-0.05, 0) is 42.0 Å². The molecule has 0 aromatic heterocycles. The van der Waals surface area contributed by atoms with E-state index in [9.17, 15) is 14.0 Å². The molecule has 3 rings (SSSR count). The summed E-state index contributed by atoms with van der Waals surface area (Å²) < 4.78 is 13.2. The molecule has 1 aliphatic rings. The molecule has 2 aromatic rings. The van der Waals surface area contributed by atoms with E-state index in [-0.39, 0.29) is 22.8 Å². The van der Waals surface area contributed by atoms with E-state index >= 15 is 0 Å². The zero-order chi connectivity index (χ0) is 16.6. The molecular weight excluding hydrogens is 295 g/mol. The quantitative estimate of drug-likeness (QED) is 0.888. The lowest BCUT2D eigenvalue weighted by atomic mass is 9.78. The van der Waals surface area contributed by atoms with E-state index in [1.165, 1.54) is 18.2 Å². The molecule has 0 saturated heterocycles. The third-order valence-corrected chi connectivity index (χ3v) is 3.97. The zero-order valence-electron chi connectivity index (χ0n) is 12.9. The molecule has 0 unspecified atom stereocenters. The van der Waals surface area contributed by atoms with E-state index in [2.05, 4.69) is 10.6 Å². The van der Waals surface area contributed by atoms with Crippen molar-refractivity contribution in [3.8, 4) is 0 Å². The van der Waals surface area contributed by atoms with E-state index in [1.807, 2.05) is 19.9 Å². The van der Waals surface area contributed by atoms with E-state index in [0.717, 1.165) is 11.3 Å². The van der Waals surface area contributed by atoms with Gasteiger partial charge in [-0.3, -0.25) is 9.59 Å². The van der Waals surface area contributed by atoms with Gasteiger partial charge in [0.1, 0.15) is 5.82 Å². The number of carbonyl (C=O) groups is 2. The number of anilines is 2. The van der Waals surface area contributed by atoms with Crippen LogP contribution in [0.2, 0.25) is 0 Å². The maximum absolute atomic E-state index is 13.2. The van der Waals surface area contributed by atoms with Gasteiger partial charge in [0.25, 0.3) is 5.91 Å². The maximum Gasteiger partial charge on any atom is 0.255 e. The minimum atomic E-state index is -0.452. The smallest absolute Gasteiger partial charge is 0.255 e. The summed E-state index contributed by atoms with van der Waals surface area (Å²) in [4.78, 5) is 23.9. The van der Waals surface area contributed by atoms with Gasteiger partial charge in [0, 0.05) is 28.8 Å². The summed E-state index contributed by atoms with van der Waals surface area (Å²) in [5, 5.41) is 5.60. The standard InChI is InChI=1S/C18H17FN2O2/c1-18(2)10-16(22)21-15-7-6-13(9-14(15)18)20-17(23)11-4-3-5-12(19)8-11/h3-9H,10H2,1-2H3,(H,20,23)(H,21,22). The van der Waals surface area contributed by atoms with Gasteiger partial charge in [0.15, 0.2) is 0 Å². The molecule has 118 valence electrons. The third-order valence-electron chi connectivity index (χ3n) is 3.97. The van der Waals surface area contributed by atoms with Crippen molar-refractivity contribution in [3.05, 3.63) is 59.4 Å². The van der Waals surface area contributed by atoms with Gasteiger partial charge in [0.05, 0.1) is 0 Å². The van der Waals surface area contributed by atoms with Crippen LogP contribution in [-0.4, -0.2) is 11.8 Å². The number of carbonyl (C=O) groups excluding carboxylic acids is 2. The van der Waals surface area contributed by atoms with Crippen molar-refractivity contribution >= 4 is 23.2 Å². The number of benzene rings is 2. The Morgan fingerprint density at radius 3 is 2.74 bits per heavy atom. The van der Waals surface area contributed by atoms with E-state index in [1.54, 1.807) is 18.2 Å². The lowest BCUT2D eigenvalue weighted by Crippen LogP contribution is -2.32. The molecule has 0 spiro atoms. The SMILES string of the molecule is CC1(C)CC(=O)Nc2ccc(NC(=O)c3cccc(F)c3)cc21. The molecule has 0 aliphatic carbocycles. The fraction of sp³-hybridized carbons (Fsp3) is 0.222. The van der Waals surface area contributed by atoms with Gasteiger partial charge >= 0.3 is 0 Å². The molecule has 2 aromatic carbocycles. The van der Waals surface area contributed by atoms with Gasteiger partial charge in [-0.15, -0.1) is 0 Å². The molecule has 4 nitrogen and oxygen atoms in total. The topological polar surface area (TPSA) is 58.2 Å². The molecule has 0 fully saturated rings. The molecule has 2 N–H and O–H groups in total. The summed E-state index contributed by atoms with van der Waals surface area (Å²) in [7, 11) is 0. The third kappa shape index (κ3) is 3.08. The summed E-state index contributed by atoms with van der Waals surface area (Å²) in [5.41, 5.74) is 2.29. The number of hydrogen-bond acceptors (Lipinski definition) is 2. The minimum Gasteiger partial charge on any atom is -0.326 e. The monoisotopic (exact) mass is 312 g/mol. The van der Waals surface area contributed by atoms with Crippen LogP contribution in [0, 0.1) is 5.82 Å². The van der Waals surface area contributed by atoms with Gasteiger partial charge in [-0.25, -0.2) is 4.39 Å². The summed E-state index contributed by atoms with van der Waals surface area (Å²) in [6, 6.07) is 10.9. The summed E-state index contributed by atoms with van der Waals surface area (Å²) in [6.07, 6.45) is 0.390. The fourth-order valence-corrected chi connectivity index (χ4v) is 2.81. The molecule has 1 heterocycles. The fourth-order valence-electron chi connectivity index (χ4n) is 2.81. The Morgan fingerprint density at radius 2 is 2.00 bits per heavy atom. The van der Waals surface area contributed by atoms with Crippen LogP contribution in [0.5, 0.6) is 0 Å². The Hall–Kier alpha value is -2.69. The van der Waals surface area contributed by atoms with Crippen LogP contribution >= 0.6 is 0 Å². The number of halogens is 1. The molecular formula is C18H17FN2O2. The normalized spacial score (nSPS) is 15.5. The predicted molar refractivity (Wildman–Crippen MR) is 87.1 cm³/mol. The first-order valence-electron chi connectivity index (χ1n) is 7.36. The van der Waals surface area contributed by atoms with Crippen molar-refractivity contribution in [2.24, 2.45) is 0 Å². The Balaban J connectivity index is 1.88. The predicted octanol–water partition coefficient (Wildman–Crippen LogP) is 3.70. The summed E-state index contributed by atoms with van der Waals surface area (Å²) in [5.74, 6) is -0.840. The van der Waals surface area contributed by atoms with Crippen molar-refractivity contribution in [1.29, 1.82) is 0 Å². The molecule has 5 heteroatoms. The molecule has 23 heavy (non-hydrogen) atoms. The van der Waals surface area contributed by atoms with Crippen molar-refractivity contribution in [2.45, 2.75) is 25.7 Å². The largest absolute Gasteiger partial charge is 0.326 e.